The molecule has 0 aliphatic rings. The molecule has 19 heavy (non-hydrogen) atoms. The van der Waals surface area contributed by atoms with Crippen LogP contribution >= 0.6 is 0 Å². The van der Waals surface area contributed by atoms with Gasteiger partial charge in [-0.1, -0.05) is 39.0 Å². The first-order chi connectivity index (χ1) is 8.84. The summed E-state index contributed by atoms with van der Waals surface area (Å²) in [6.07, 6.45) is 1.36. The minimum absolute atomic E-state index is 0.0131. The van der Waals surface area contributed by atoms with E-state index in [1.165, 1.54) is 6.08 Å². The van der Waals surface area contributed by atoms with Crippen LogP contribution in [-0.4, -0.2) is 12.6 Å². The molecule has 104 valence electrons. The molecule has 0 fully saturated rings. The van der Waals surface area contributed by atoms with Crippen molar-refractivity contribution in [3.8, 4) is 5.75 Å². The largest absolute Gasteiger partial charge is 0.463 e. The number of para-hydroxylation sites is 1. The van der Waals surface area contributed by atoms with Crippen molar-refractivity contribution in [3.63, 3.8) is 0 Å². The van der Waals surface area contributed by atoms with Gasteiger partial charge in [-0.05, 0) is 25.3 Å². The molecule has 1 aromatic carbocycles. The monoisotopic (exact) mass is 262 g/mol. The van der Waals surface area contributed by atoms with E-state index in [0.717, 1.165) is 11.3 Å². The third kappa shape index (κ3) is 4.78. The summed E-state index contributed by atoms with van der Waals surface area (Å²) in [6, 6.07) is 7.84. The lowest BCUT2D eigenvalue weighted by atomic mass is 9.86. The van der Waals surface area contributed by atoms with Crippen molar-refractivity contribution >= 4 is 5.97 Å². The molecule has 0 saturated heterocycles. The Morgan fingerprint density at radius 2 is 1.89 bits per heavy atom. The molecule has 0 unspecified atom stereocenters. The molecule has 0 aliphatic heterocycles. The Balaban J connectivity index is 2.91. The Labute approximate surface area is 115 Å². The Bertz CT molecular complexity index is 467. The second kappa shape index (κ2) is 6.41. The number of hydrogen-bond acceptors (Lipinski definition) is 3. The number of carbonyl (C=O) groups is 1. The van der Waals surface area contributed by atoms with Crippen molar-refractivity contribution in [1.29, 1.82) is 0 Å². The van der Waals surface area contributed by atoms with E-state index in [1.807, 2.05) is 24.3 Å². The summed E-state index contributed by atoms with van der Waals surface area (Å²) in [7, 11) is 0. The molecule has 0 bridgehead atoms. The fourth-order valence-corrected chi connectivity index (χ4v) is 1.73. The average molecular weight is 262 g/mol. The summed E-state index contributed by atoms with van der Waals surface area (Å²) in [5.41, 5.74) is 1.09. The molecule has 1 rings (SSSR count). The minimum Gasteiger partial charge on any atom is -0.463 e. The standard InChI is InChI=1S/C16H22O3/c1-6-18-15(17)11-12(2)19-14-10-8-7-9-13(14)16(3,4)5/h7-11H,6H2,1-5H3. The topological polar surface area (TPSA) is 35.5 Å². The third-order valence-corrected chi connectivity index (χ3v) is 2.57. The highest BCUT2D eigenvalue weighted by Crippen LogP contribution is 2.31. The van der Waals surface area contributed by atoms with Crippen LogP contribution in [0.25, 0.3) is 0 Å². The number of allylic oxidation sites excluding steroid dienone is 1. The second-order valence-electron chi connectivity index (χ2n) is 5.36. The summed E-state index contributed by atoms with van der Waals surface area (Å²) < 4.78 is 10.6. The highest BCUT2D eigenvalue weighted by molar-refractivity contribution is 5.82. The normalized spacial score (nSPS) is 12.2. The van der Waals surface area contributed by atoms with Gasteiger partial charge in [-0.25, -0.2) is 4.79 Å². The van der Waals surface area contributed by atoms with Crippen LogP contribution < -0.4 is 4.74 Å². The maximum absolute atomic E-state index is 11.3. The van der Waals surface area contributed by atoms with E-state index in [4.69, 9.17) is 9.47 Å². The molecule has 0 spiro atoms. The summed E-state index contributed by atoms with van der Waals surface area (Å²) in [6.45, 7) is 10.3. The smallest absolute Gasteiger partial charge is 0.334 e. The molecule has 1 aromatic rings. The van der Waals surface area contributed by atoms with Crippen LogP contribution in [0.1, 0.15) is 40.2 Å². The molecule has 3 heteroatoms. The predicted molar refractivity (Wildman–Crippen MR) is 76.2 cm³/mol. The molecule has 3 nitrogen and oxygen atoms in total. The maximum atomic E-state index is 11.3. The van der Waals surface area contributed by atoms with E-state index in [2.05, 4.69) is 20.8 Å². The van der Waals surface area contributed by atoms with Gasteiger partial charge in [-0.15, -0.1) is 0 Å². The Hall–Kier alpha value is -1.77. The minimum atomic E-state index is -0.381. The molecule has 0 heterocycles. The summed E-state index contributed by atoms with van der Waals surface area (Å²) in [5, 5.41) is 0. The highest BCUT2D eigenvalue weighted by atomic mass is 16.5. The molecule has 0 radical (unpaired) electrons. The SMILES string of the molecule is CCOC(=O)C=C(C)Oc1ccccc1C(C)(C)C. The summed E-state index contributed by atoms with van der Waals surface area (Å²) >= 11 is 0. The summed E-state index contributed by atoms with van der Waals surface area (Å²) in [5.74, 6) is 0.913. The van der Waals surface area contributed by atoms with Crippen molar-refractivity contribution < 1.29 is 14.3 Å². The van der Waals surface area contributed by atoms with Gasteiger partial charge in [0.15, 0.2) is 0 Å². The average Bonchev–Trinajstić information content (AvgIpc) is 2.28. The van der Waals surface area contributed by atoms with Crippen LogP contribution in [0.2, 0.25) is 0 Å². The number of carbonyl (C=O) groups excluding carboxylic acids is 1. The van der Waals surface area contributed by atoms with E-state index >= 15 is 0 Å². The van der Waals surface area contributed by atoms with Gasteiger partial charge in [0, 0.05) is 5.56 Å². The Morgan fingerprint density at radius 3 is 2.47 bits per heavy atom. The fourth-order valence-electron chi connectivity index (χ4n) is 1.73. The van der Waals surface area contributed by atoms with E-state index in [0.29, 0.717) is 12.4 Å². The van der Waals surface area contributed by atoms with Crippen LogP contribution in [-0.2, 0) is 14.9 Å². The highest BCUT2D eigenvalue weighted by Gasteiger charge is 2.18. The number of hydrogen-bond donors (Lipinski definition) is 0. The Morgan fingerprint density at radius 1 is 1.26 bits per heavy atom. The first-order valence-corrected chi connectivity index (χ1v) is 6.47. The number of esters is 1. The fraction of sp³-hybridized carbons (Fsp3) is 0.438. The zero-order valence-corrected chi connectivity index (χ0v) is 12.3. The van der Waals surface area contributed by atoms with Gasteiger partial charge in [-0.2, -0.15) is 0 Å². The van der Waals surface area contributed by atoms with E-state index in [-0.39, 0.29) is 11.4 Å². The number of benzene rings is 1. The van der Waals surface area contributed by atoms with Gasteiger partial charge in [0.05, 0.1) is 12.7 Å². The van der Waals surface area contributed by atoms with Crippen LogP contribution in [0.3, 0.4) is 0 Å². The van der Waals surface area contributed by atoms with E-state index < -0.39 is 0 Å². The van der Waals surface area contributed by atoms with Crippen LogP contribution in [0.5, 0.6) is 5.75 Å². The molecule has 0 atom stereocenters. The first-order valence-electron chi connectivity index (χ1n) is 6.47. The Kier molecular flexibility index (Phi) is 5.16. The van der Waals surface area contributed by atoms with Gasteiger partial charge >= 0.3 is 5.97 Å². The molecule has 0 saturated carbocycles. The predicted octanol–water partition coefficient (Wildman–Crippen LogP) is 3.83. The molecule has 0 aromatic heterocycles. The van der Waals surface area contributed by atoms with Crippen molar-refractivity contribution in [1.82, 2.24) is 0 Å². The lowest BCUT2D eigenvalue weighted by molar-refractivity contribution is -0.137. The van der Waals surface area contributed by atoms with Crippen LogP contribution in [0.4, 0.5) is 0 Å². The zero-order chi connectivity index (χ0) is 14.5. The number of rotatable bonds is 4. The quantitative estimate of drug-likeness (QED) is 0.470. The van der Waals surface area contributed by atoms with E-state index in [1.54, 1.807) is 13.8 Å². The van der Waals surface area contributed by atoms with Crippen LogP contribution in [0, 0.1) is 0 Å². The van der Waals surface area contributed by atoms with Crippen LogP contribution in [0.15, 0.2) is 36.1 Å². The van der Waals surface area contributed by atoms with Gasteiger partial charge in [-0.3, -0.25) is 0 Å². The maximum Gasteiger partial charge on any atom is 0.334 e. The van der Waals surface area contributed by atoms with Crippen molar-refractivity contribution in [3.05, 3.63) is 41.7 Å². The van der Waals surface area contributed by atoms with Crippen molar-refractivity contribution in [2.24, 2.45) is 0 Å². The second-order valence-corrected chi connectivity index (χ2v) is 5.36. The molecular weight excluding hydrogens is 240 g/mol. The summed E-state index contributed by atoms with van der Waals surface area (Å²) in [4.78, 5) is 11.3. The molecule has 0 N–H and O–H groups in total. The lowest BCUT2D eigenvalue weighted by Gasteiger charge is -2.22. The lowest BCUT2D eigenvalue weighted by Crippen LogP contribution is -2.13. The van der Waals surface area contributed by atoms with Gasteiger partial charge in [0.1, 0.15) is 11.5 Å². The zero-order valence-electron chi connectivity index (χ0n) is 12.3. The van der Waals surface area contributed by atoms with Crippen molar-refractivity contribution in [2.75, 3.05) is 6.61 Å². The number of ether oxygens (including phenoxy) is 2. The van der Waals surface area contributed by atoms with Gasteiger partial charge in [0.25, 0.3) is 0 Å². The van der Waals surface area contributed by atoms with Gasteiger partial charge < -0.3 is 9.47 Å². The van der Waals surface area contributed by atoms with Crippen molar-refractivity contribution in [2.45, 2.75) is 40.0 Å². The third-order valence-electron chi connectivity index (χ3n) is 2.57. The molecule has 0 amide bonds. The molecular formula is C16H22O3. The van der Waals surface area contributed by atoms with E-state index in [9.17, 15) is 4.79 Å². The van der Waals surface area contributed by atoms with Gasteiger partial charge in [0.2, 0.25) is 0 Å². The molecule has 0 aliphatic carbocycles. The first kappa shape index (κ1) is 15.3.